The van der Waals surface area contributed by atoms with Gasteiger partial charge in [0.1, 0.15) is 0 Å². The van der Waals surface area contributed by atoms with Crippen LogP contribution in [0, 0.1) is 11.3 Å². The highest BCUT2D eigenvalue weighted by molar-refractivity contribution is 5.90. The van der Waals surface area contributed by atoms with E-state index in [4.69, 9.17) is 5.26 Å². The SMILES string of the molecule is CCCCN(CC)CCCC(=O)Nc1ccc(C#N)cc1. The second kappa shape index (κ2) is 9.95. The molecule has 21 heavy (non-hydrogen) atoms. The van der Waals surface area contributed by atoms with Crippen molar-refractivity contribution in [3.05, 3.63) is 29.8 Å². The molecular formula is C17H25N3O. The van der Waals surface area contributed by atoms with Crippen molar-refractivity contribution in [2.75, 3.05) is 25.0 Å². The van der Waals surface area contributed by atoms with E-state index < -0.39 is 0 Å². The summed E-state index contributed by atoms with van der Waals surface area (Å²) in [4.78, 5) is 14.2. The van der Waals surface area contributed by atoms with Gasteiger partial charge in [-0.25, -0.2) is 0 Å². The number of nitriles is 1. The molecule has 0 bridgehead atoms. The Hall–Kier alpha value is -1.86. The lowest BCUT2D eigenvalue weighted by Crippen LogP contribution is -2.26. The maximum absolute atomic E-state index is 11.9. The number of unbranched alkanes of at least 4 members (excludes halogenated alkanes) is 1. The van der Waals surface area contributed by atoms with Gasteiger partial charge in [0.05, 0.1) is 11.6 Å². The maximum Gasteiger partial charge on any atom is 0.224 e. The van der Waals surface area contributed by atoms with Gasteiger partial charge < -0.3 is 10.2 Å². The highest BCUT2D eigenvalue weighted by atomic mass is 16.1. The standard InChI is InChI=1S/C17H25N3O/c1-3-5-12-20(4-2)13-6-7-17(21)19-16-10-8-15(14-18)9-11-16/h8-11H,3-7,12-13H2,1-2H3,(H,19,21). The summed E-state index contributed by atoms with van der Waals surface area (Å²) in [6.07, 6.45) is 3.82. The van der Waals surface area contributed by atoms with E-state index in [9.17, 15) is 4.79 Å². The smallest absolute Gasteiger partial charge is 0.224 e. The zero-order valence-corrected chi connectivity index (χ0v) is 13.1. The van der Waals surface area contributed by atoms with Crippen LogP contribution in [0.2, 0.25) is 0 Å². The van der Waals surface area contributed by atoms with Gasteiger partial charge in [-0.15, -0.1) is 0 Å². The number of rotatable bonds is 9. The van der Waals surface area contributed by atoms with Crippen molar-refractivity contribution in [1.29, 1.82) is 5.26 Å². The molecule has 0 aromatic heterocycles. The van der Waals surface area contributed by atoms with Gasteiger partial charge in [0.15, 0.2) is 0 Å². The molecule has 1 N–H and O–H groups in total. The Labute approximate surface area is 127 Å². The van der Waals surface area contributed by atoms with E-state index in [0.29, 0.717) is 12.0 Å². The Bertz CT molecular complexity index is 462. The van der Waals surface area contributed by atoms with Crippen molar-refractivity contribution < 1.29 is 4.79 Å². The lowest BCUT2D eigenvalue weighted by atomic mass is 10.2. The monoisotopic (exact) mass is 287 g/mol. The lowest BCUT2D eigenvalue weighted by molar-refractivity contribution is -0.116. The topological polar surface area (TPSA) is 56.1 Å². The number of nitrogens with zero attached hydrogens (tertiary/aromatic N) is 2. The molecule has 1 rings (SSSR count). The molecule has 1 aromatic rings. The van der Waals surface area contributed by atoms with Gasteiger partial charge in [0.2, 0.25) is 5.91 Å². The minimum absolute atomic E-state index is 0.0336. The van der Waals surface area contributed by atoms with Gasteiger partial charge >= 0.3 is 0 Å². The number of anilines is 1. The molecule has 4 heteroatoms. The first-order valence-electron chi connectivity index (χ1n) is 7.72. The van der Waals surface area contributed by atoms with E-state index in [1.165, 1.54) is 12.8 Å². The van der Waals surface area contributed by atoms with E-state index in [1.54, 1.807) is 24.3 Å². The van der Waals surface area contributed by atoms with Crippen LogP contribution in [0.5, 0.6) is 0 Å². The van der Waals surface area contributed by atoms with Crippen molar-refractivity contribution in [1.82, 2.24) is 4.90 Å². The summed E-state index contributed by atoms with van der Waals surface area (Å²) in [6.45, 7) is 7.48. The van der Waals surface area contributed by atoms with E-state index in [2.05, 4.69) is 30.1 Å². The van der Waals surface area contributed by atoms with Crippen LogP contribution < -0.4 is 5.32 Å². The average molecular weight is 287 g/mol. The molecule has 1 amide bonds. The molecule has 4 nitrogen and oxygen atoms in total. The van der Waals surface area contributed by atoms with E-state index >= 15 is 0 Å². The predicted octanol–water partition coefficient (Wildman–Crippen LogP) is 3.40. The van der Waals surface area contributed by atoms with Crippen molar-refractivity contribution in [2.45, 2.75) is 39.5 Å². The van der Waals surface area contributed by atoms with Crippen LogP contribution in [-0.2, 0) is 4.79 Å². The van der Waals surface area contributed by atoms with Crippen molar-refractivity contribution >= 4 is 11.6 Å². The van der Waals surface area contributed by atoms with Crippen molar-refractivity contribution in [3.8, 4) is 6.07 Å². The van der Waals surface area contributed by atoms with Gasteiger partial charge in [-0.3, -0.25) is 4.79 Å². The Morgan fingerprint density at radius 3 is 2.43 bits per heavy atom. The van der Waals surface area contributed by atoms with E-state index in [-0.39, 0.29) is 5.91 Å². The van der Waals surface area contributed by atoms with E-state index in [1.807, 2.05) is 0 Å². The van der Waals surface area contributed by atoms with E-state index in [0.717, 1.165) is 31.7 Å². The molecule has 0 unspecified atom stereocenters. The number of amides is 1. The number of hydrogen-bond acceptors (Lipinski definition) is 3. The van der Waals surface area contributed by atoms with Crippen LogP contribution in [-0.4, -0.2) is 30.4 Å². The molecular weight excluding hydrogens is 262 g/mol. The Morgan fingerprint density at radius 1 is 1.19 bits per heavy atom. The summed E-state index contributed by atoms with van der Waals surface area (Å²) >= 11 is 0. The third-order valence-corrected chi connectivity index (χ3v) is 3.45. The largest absolute Gasteiger partial charge is 0.326 e. The number of carbonyl (C=O) groups excluding carboxylic acids is 1. The van der Waals surface area contributed by atoms with Gasteiger partial charge in [-0.2, -0.15) is 5.26 Å². The third-order valence-electron chi connectivity index (χ3n) is 3.45. The summed E-state index contributed by atoms with van der Waals surface area (Å²) in [6, 6.07) is 8.99. The molecule has 0 aliphatic carbocycles. The van der Waals surface area contributed by atoms with Gasteiger partial charge in [-0.1, -0.05) is 20.3 Å². The minimum Gasteiger partial charge on any atom is -0.326 e. The Kier molecular flexibility index (Phi) is 8.15. The van der Waals surface area contributed by atoms with Crippen molar-refractivity contribution in [2.24, 2.45) is 0 Å². The minimum atomic E-state index is 0.0336. The molecule has 0 atom stereocenters. The fourth-order valence-electron chi connectivity index (χ4n) is 2.12. The molecule has 1 aromatic carbocycles. The molecule has 0 radical (unpaired) electrons. The fourth-order valence-corrected chi connectivity index (χ4v) is 2.12. The third kappa shape index (κ3) is 6.92. The second-order valence-corrected chi connectivity index (χ2v) is 5.13. The quantitative estimate of drug-likeness (QED) is 0.757. The second-order valence-electron chi connectivity index (χ2n) is 5.13. The van der Waals surface area contributed by atoms with Crippen LogP contribution in [0.3, 0.4) is 0 Å². The van der Waals surface area contributed by atoms with Crippen LogP contribution >= 0.6 is 0 Å². The number of nitrogens with one attached hydrogen (secondary N) is 1. The zero-order valence-electron chi connectivity index (χ0n) is 13.1. The maximum atomic E-state index is 11.9. The number of hydrogen-bond donors (Lipinski definition) is 1. The summed E-state index contributed by atoms with van der Waals surface area (Å²) in [5.41, 5.74) is 1.35. The molecule has 0 heterocycles. The first kappa shape index (κ1) is 17.2. The first-order valence-corrected chi connectivity index (χ1v) is 7.72. The molecule has 0 aliphatic rings. The summed E-state index contributed by atoms with van der Waals surface area (Å²) in [5, 5.41) is 11.6. The average Bonchev–Trinajstić information content (AvgIpc) is 2.51. The van der Waals surface area contributed by atoms with Crippen LogP contribution in [0.4, 0.5) is 5.69 Å². The molecule has 0 saturated heterocycles. The normalized spacial score (nSPS) is 10.4. The predicted molar refractivity (Wildman–Crippen MR) is 86.0 cm³/mol. The highest BCUT2D eigenvalue weighted by Crippen LogP contribution is 2.09. The molecule has 0 aliphatic heterocycles. The zero-order chi connectivity index (χ0) is 15.5. The molecule has 0 saturated carbocycles. The molecule has 0 fully saturated rings. The molecule has 0 spiro atoms. The first-order chi connectivity index (χ1) is 10.2. The Balaban J connectivity index is 2.28. The van der Waals surface area contributed by atoms with Gasteiger partial charge in [0, 0.05) is 12.1 Å². The van der Waals surface area contributed by atoms with Crippen LogP contribution in [0.25, 0.3) is 0 Å². The summed E-state index contributed by atoms with van der Waals surface area (Å²) in [7, 11) is 0. The lowest BCUT2D eigenvalue weighted by Gasteiger charge is -2.19. The number of carbonyl (C=O) groups is 1. The van der Waals surface area contributed by atoms with Crippen LogP contribution in [0.15, 0.2) is 24.3 Å². The van der Waals surface area contributed by atoms with Crippen LogP contribution in [0.1, 0.15) is 45.1 Å². The van der Waals surface area contributed by atoms with Crippen molar-refractivity contribution in [3.63, 3.8) is 0 Å². The summed E-state index contributed by atoms with van der Waals surface area (Å²) in [5.74, 6) is 0.0336. The number of benzene rings is 1. The van der Waals surface area contributed by atoms with Gasteiger partial charge in [0.25, 0.3) is 0 Å². The van der Waals surface area contributed by atoms with Gasteiger partial charge in [-0.05, 0) is 56.7 Å². The fraction of sp³-hybridized carbons (Fsp3) is 0.529. The molecule has 114 valence electrons. The summed E-state index contributed by atoms with van der Waals surface area (Å²) < 4.78 is 0. The highest BCUT2D eigenvalue weighted by Gasteiger charge is 2.05. The Morgan fingerprint density at radius 2 is 1.86 bits per heavy atom.